The monoisotopic (exact) mass is 278 g/mol. The number of hydrogen-bond donors (Lipinski definition) is 2. The second-order valence-electron chi connectivity index (χ2n) is 4.97. The molecule has 104 valence electrons. The number of amides is 2. The van der Waals surface area contributed by atoms with E-state index >= 15 is 0 Å². The maximum atomic E-state index is 11.7. The summed E-state index contributed by atoms with van der Waals surface area (Å²) in [6, 6.07) is 9.81. The lowest BCUT2D eigenvalue weighted by molar-refractivity contribution is -0.115. The lowest BCUT2D eigenvalue weighted by Gasteiger charge is -2.17. The van der Waals surface area contributed by atoms with Crippen LogP contribution in [0.3, 0.4) is 0 Å². The number of benzene rings is 2. The van der Waals surface area contributed by atoms with Crippen molar-refractivity contribution in [1.29, 1.82) is 0 Å². The molecule has 2 aromatic carbocycles. The first-order valence-corrected chi connectivity index (χ1v) is 6.60. The largest absolute Gasteiger partial charge is 0.366 e. The molecule has 2 aromatic rings. The van der Waals surface area contributed by atoms with Gasteiger partial charge in [0, 0.05) is 6.08 Å². The van der Waals surface area contributed by atoms with Crippen molar-refractivity contribution >= 4 is 34.2 Å². The van der Waals surface area contributed by atoms with E-state index in [-0.39, 0.29) is 5.57 Å². The van der Waals surface area contributed by atoms with Crippen LogP contribution in [0.4, 0.5) is 0 Å². The zero-order valence-electron chi connectivity index (χ0n) is 11.3. The van der Waals surface area contributed by atoms with E-state index < -0.39 is 11.8 Å². The summed E-state index contributed by atoms with van der Waals surface area (Å²) in [6.07, 6.45) is 5.93. The number of rotatable bonds is 3. The van der Waals surface area contributed by atoms with Gasteiger partial charge in [0.1, 0.15) is 0 Å². The smallest absolute Gasteiger partial charge is 0.249 e. The zero-order valence-corrected chi connectivity index (χ0v) is 11.3. The van der Waals surface area contributed by atoms with E-state index in [0.29, 0.717) is 5.56 Å². The third kappa shape index (κ3) is 2.21. The predicted octanol–water partition coefficient (Wildman–Crippen LogP) is 1.76. The van der Waals surface area contributed by atoms with Gasteiger partial charge in [-0.1, -0.05) is 42.5 Å². The Kier molecular flexibility index (Phi) is 3.06. The lowest BCUT2D eigenvalue weighted by Crippen LogP contribution is -2.17. The van der Waals surface area contributed by atoms with Gasteiger partial charge < -0.3 is 11.5 Å². The van der Waals surface area contributed by atoms with Crippen molar-refractivity contribution < 1.29 is 9.59 Å². The highest BCUT2D eigenvalue weighted by Crippen LogP contribution is 2.33. The van der Waals surface area contributed by atoms with Crippen LogP contribution in [0.1, 0.15) is 16.7 Å². The summed E-state index contributed by atoms with van der Waals surface area (Å²) >= 11 is 0. The van der Waals surface area contributed by atoms with E-state index in [9.17, 15) is 9.59 Å². The van der Waals surface area contributed by atoms with Crippen molar-refractivity contribution in [2.24, 2.45) is 11.5 Å². The van der Waals surface area contributed by atoms with Crippen molar-refractivity contribution in [3.8, 4) is 0 Å². The zero-order chi connectivity index (χ0) is 15.0. The summed E-state index contributed by atoms with van der Waals surface area (Å²) in [7, 11) is 0. The van der Waals surface area contributed by atoms with Gasteiger partial charge in [-0.05, 0) is 33.9 Å². The minimum Gasteiger partial charge on any atom is -0.366 e. The molecule has 0 aromatic heterocycles. The van der Waals surface area contributed by atoms with E-state index in [1.165, 1.54) is 5.56 Å². The second kappa shape index (κ2) is 4.90. The summed E-state index contributed by atoms with van der Waals surface area (Å²) in [5.41, 5.74) is 13.4. The number of carbonyl (C=O) groups excluding carboxylic acids is 2. The van der Waals surface area contributed by atoms with Crippen LogP contribution in [0, 0.1) is 0 Å². The Morgan fingerprint density at radius 1 is 1.10 bits per heavy atom. The van der Waals surface area contributed by atoms with Gasteiger partial charge in [-0.15, -0.1) is 0 Å². The molecule has 21 heavy (non-hydrogen) atoms. The highest BCUT2D eigenvalue weighted by atomic mass is 16.1. The van der Waals surface area contributed by atoms with Crippen molar-refractivity contribution in [2.75, 3.05) is 0 Å². The third-order valence-corrected chi connectivity index (χ3v) is 3.64. The van der Waals surface area contributed by atoms with Gasteiger partial charge in [0.15, 0.2) is 0 Å². The summed E-state index contributed by atoms with van der Waals surface area (Å²) in [5, 5.41) is 2.19. The predicted molar refractivity (Wildman–Crippen MR) is 83.1 cm³/mol. The number of primary amides is 2. The average molecular weight is 278 g/mol. The van der Waals surface area contributed by atoms with Crippen LogP contribution in [-0.2, 0) is 16.0 Å². The number of hydrogen-bond acceptors (Lipinski definition) is 2. The molecule has 4 N–H and O–H groups in total. The van der Waals surface area contributed by atoms with E-state index in [1.807, 2.05) is 30.4 Å². The molecule has 0 fully saturated rings. The van der Waals surface area contributed by atoms with Crippen LogP contribution in [-0.4, -0.2) is 11.8 Å². The molecule has 0 atom stereocenters. The first kappa shape index (κ1) is 13.1. The first-order valence-electron chi connectivity index (χ1n) is 6.60. The highest BCUT2D eigenvalue weighted by molar-refractivity contribution is 6.24. The average Bonchev–Trinajstić information content (AvgIpc) is 2.46. The van der Waals surface area contributed by atoms with Gasteiger partial charge in [0.25, 0.3) is 0 Å². The molecule has 0 saturated heterocycles. The minimum atomic E-state index is -0.691. The molecule has 1 aliphatic rings. The maximum absolute atomic E-state index is 11.7. The molecular weight excluding hydrogens is 264 g/mol. The molecule has 4 heteroatoms. The molecule has 0 radical (unpaired) electrons. The Morgan fingerprint density at radius 2 is 1.90 bits per heavy atom. The normalized spacial score (nSPS) is 13.4. The van der Waals surface area contributed by atoms with Crippen LogP contribution < -0.4 is 11.5 Å². The van der Waals surface area contributed by atoms with Gasteiger partial charge in [0.2, 0.25) is 11.8 Å². The van der Waals surface area contributed by atoms with Crippen LogP contribution in [0.5, 0.6) is 0 Å². The standard InChI is InChI=1S/C17H14N2O2/c18-15(20)9-14(17(19)21)12-8-7-11-4-1-3-10-5-2-6-13(12)16(10)11/h1-4,6-9H,5H2,(H2,18,20)(H2,19,21)/b14-9-. The van der Waals surface area contributed by atoms with E-state index in [2.05, 4.69) is 6.07 Å². The minimum absolute atomic E-state index is 0.140. The van der Waals surface area contributed by atoms with Gasteiger partial charge >= 0.3 is 0 Å². The van der Waals surface area contributed by atoms with Crippen LogP contribution in [0.15, 0.2) is 42.5 Å². The van der Waals surface area contributed by atoms with Crippen molar-refractivity contribution in [3.05, 3.63) is 59.2 Å². The first-order chi connectivity index (χ1) is 10.1. The van der Waals surface area contributed by atoms with Crippen LogP contribution in [0.2, 0.25) is 0 Å². The summed E-state index contributed by atoms with van der Waals surface area (Å²) in [4.78, 5) is 22.8. The fourth-order valence-electron chi connectivity index (χ4n) is 2.79. The Hall–Kier alpha value is -2.88. The topological polar surface area (TPSA) is 86.2 Å². The fraction of sp³-hybridized carbons (Fsp3) is 0.0588. The van der Waals surface area contributed by atoms with Crippen molar-refractivity contribution in [2.45, 2.75) is 6.42 Å². The molecular formula is C17H14N2O2. The van der Waals surface area contributed by atoms with Crippen LogP contribution >= 0.6 is 0 Å². The molecule has 3 rings (SSSR count). The highest BCUT2D eigenvalue weighted by Gasteiger charge is 2.18. The van der Waals surface area contributed by atoms with Gasteiger partial charge in [0.05, 0.1) is 5.57 Å². The SMILES string of the molecule is NC(=O)/C=C(\C(N)=O)c1ccc2cccc3c2c1C=CC3. The Morgan fingerprint density at radius 3 is 2.62 bits per heavy atom. The van der Waals surface area contributed by atoms with E-state index in [1.54, 1.807) is 6.07 Å². The van der Waals surface area contributed by atoms with Gasteiger partial charge in [-0.25, -0.2) is 0 Å². The summed E-state index contributed by atoms with van der Waals surface area (Å²) in [6.45, 7) is 0. The number of nitrogens with two attached hydrogens (primary N) is 2. The summed E-state index contributed by atoms with van der Waals surface area (Å²) in [5.74, 6) is -1.36. The lowest BCUT2D eigenvalue weighted by atomic mass is 9.87. The molecule has 0 spiro atoms. The molecule has 0 heterocycles. The van der Waals surface area contributed by atoms with Gasteiger partial charge in [-0.3, -0.25) is 9.59 Å². The Labute approximate surface area is 121 Å². The fourth-order valence-corrected chi connectivity index (χ4v) is 2.79. The molecule has 4 nitrogen and oxygen atoms in total. The maximum Gasteiger partial charge on any atom is 0.249 e. The Bertz CT molecular complexity index is 832. The summed E-state index contributed by atoms with van der Waals surface area (Å²) < 4.78 is 0. The number of allylic oxidation sites excluding steroid dienone is 1. The molecule has 0 bridgehead atoms. The Balaban J connectivity index is 2.35. The van der Waals surface area contributed by atoms with Crippen molar-refractivity contribution in [3.63, 3.8) is 0 Å². The quantitative estimate of drug-likeness (QED) is 0.838. The van der Waals surface area contributed by atoms with E-state index in [4.69, 9.17) is 11.5 Å². The molecule has 0 saturated carbocycles. The number of carbonyl (C=O) groups is 2. The van der Waals surface area contributed by atoms with Crippen molar-refractivity contribution in [1.82, 2.24) is 0 Å². The third-order valence-electron chi connectivity index (χ3n) is 3.64. The molecule has 0 unspecified atom stereocenters. The van der Waals surface area contributed by atoms with E-state index in [0.717, 1.165) is 28.8 Å². The molecule has 2 amide bonds. The van der Waals surface area contributed by atoms with Crippen LogP contribution in [0.25, 0.3) is 22.4 Å². The molecule has 1 aliphatic carbocycles. The van der Waals surface area contributed by atoms with Gasteiger partial charge in [-0.2, -0.15) is 0 Å². The molecule has 0 aliphatic heterocycles. The second-order valence-corrected chi connectivity index (χ2v) is 4.97.